The van der Waals surface area contributed by atoms with Crippen molar-refractivity contribution < 1.29 is 14.3 Å². The van der Waals surface area contributed by atoms with Crippen LogP contribution in [0.25, 0.3) is 0 Å². The van der Waals surface area contributed by atoms with Gasteiger partial charge in [-0.1, -0.05) is 0 Å². The fraction of sp³-hybridized carbons (Fsp3) is 0.882. The summed E-state index contributed by atoms with van der Waals surface area (Å²) in [5.74, 6) is 0.411. The minimum atomic E-state index is -0.439. The Morgan fingerprint density at radius 1 is 0.885 bits per heavy atom. The molecule has 0 unspecified atom stereocenters. The predicted molar refractivity (Wildman–Crippen MR) is 105 cm³/mol. The first-order valence-electron chi connectivity index (χ1n) is 9.22. The zero-order valence-electron chi connectivity index (χ0n) is 15.4. The van der Waals surface area contributed by atoms with Crippen molar-refractivity contribution in [2.45, 2.75) is 25.7 Å². The highest BCUT2D eigenvalue weighted by Crippen LogP contribution is 2.32. The van der Waals surface area contributed by atoms with Gasteiger partial charge in [-0.15, -0.1) is 24.8 Å². The van der Waals surface area contributed by atoms with E-state index in [1.807, 2.05) is 9.80 Å². The van der Waals surface area contributed by atoms with Crippen molar-refractivity contribution in [1.82, 2.24) is 14.7 Å². The number of rotatable bonds is 4. The second kappa shape index (κ2) is 10.7. The van der Waals surface area contributed by atoms with E-state index in [1.165, 1.54) is 0 Å². The summed E-state index contributed by atoms with van der Waals surface area (Å²) in [7, 11) is 0. The van der Waals surface area contributed by atoms with Gasteiger partial charge in [-0.25, -0.2) is 0 Å². The lowest BCUT2D eigenvalue weighted by Gasteiger charge is -2.42. The number of nitrogens with zero attached hydrogens (tertiary/aromatic N) is 3. The smallest absolute Gasteiger partial charge is 0.236 e. The van der Waals surface area contributed by atoms with Gasteiger partial charge < -0.3 is 20.3 Å². The lowest BCUT2D eigenvalue weighted by molar-refractivity contribution is -0.149. The number of halogens is 2. The zero-order valence-corrected chi connectivity index (χ0v) is 17.0. The van der Waals surface area contributed by atoms with E-state index >= 15 is 0 Å². The van der Waals surface area contributed by atoms with Crippen molar-refractivity contribution in [2.75, 3.05) is 65.6 Å². The van der Waals surface area contributed by atoms with Crippen LogP contribution >= 0.6 is 24.8 Å². The number of nitrogens with two attached hydrogens (primary N) is 1. The molecular weight excluding hydrogens is 379 g/mol. The molecule has 7 nitrogen and oxygen atoms in total. The van der Waals surface area contributed by atoms with E-state index in [4.69, 9.17) is 10.5 Å². The number of amides is 2. The van der Waals surface area contributed by atoms with Gasteiger partial charge in [0.15, 0.2) is 0 Å². The van der Waals surface area contributed by atoms with Crippen molar-refractivity contribution in [3.8, 4) is 0 Å². The van der Waals surface area contributed by atoms with E-state index in [0.29, 0.717) is 39.4 Å². The van der Waals surface area contributed by atoms with Gasteiger partial charge in [0.1, 0.15) is 0 Å². The summed E-state index contributed by atoms with van der Waals surface area (Å²) in [6.45, 7) is 6.83. The molecule has 0 radical (unpaired) electrons. The lowest BCUT2D eigenvalue weighted by Crippen LogP contribution is -2.57. The van der Waals surface area contributed by atoms with E-state index in [-0.39, 0.29) is 36.6 Å². The molecule has 0 aromatic carbocycles. The van der Waals surface area contributed by atoms with Crippen LogP contribution in [0.15, 0.2) is 0 Å². The summed E-state index contributed by atoms with van der Waals surface area (Å²) in [5, 5.41) is 0. The van der Waals surface area contributed by atoms with E-state index in [2.05, 4.69) is 4.90 Å². The number of ether oxygens (including phenoxy) is 1. The number of carbonyl (C=O) groups excluding carboxylic acids is 2. The maximum Gasteiger partial charge on any atom is 0.236 e. The molecule has 152 valence electrons. The quantitative estimate of drug-likeness (QED) is 0.723. The number of likely N-dealkylation sites (tertiary alicyclic amines) is 1. The molecule has 0 aromatic rings. The van der Waals surface area contributed by atoms with Crippen LogP contribution in [-0.4, -0.2) is 92.1 Å². The Kier molecular flexibility index (Phi) is 9.61. The normalized spacial score (nSPS) is 23.1. The summed E-state index contributed by atoms with van der Waals surface area (Å²) < 4.78 is 5.40. The first-order valence-corrected chi connectivity index (χ1v) is 9.22. The van der Waals surface area contributed by atoms with Crippen molar-refractivity contribution in [1.29, 1.82) is 0 Å². The fourth-order valence-corrected chi connectivity index (χ4v) is 3.97. The van der Waals surface area contributed by atoms with Crippen LogP contribution in [0.5, 0.6) is 0 Å². The van der Waals surface area contributed by atoms with Crippen LogP contribution < -0.4 is 5.73 Å². The molecule has 3 rings (SSSR count). The Morgan fingerprint density at radius 3 is 2.00 bits per heavy atom. The third-order valence-corrected chi connectivity index (χ3v) is 5.77. The average Bonchev–Trinajstić information content (AvgIpc) is 3.17. The van der Waals surface area contributed by atoms with Gasteiger partial charge in [-0.2, -0.15) is 0 Å². The van der Waals surface area contributed by atoms with Gasteiger partial charge in [0.2, 0.25) is 11.8 Å². The van der Waals surface area contributed by atoms with E-state index in [9.17, 15) is 9.59 Å². The summed E-state index contributed by atoms with van der Waals surface area (Å²) in [6, 6.07) is 0. The van der Waals surface area contributed by atoms with Crippen molar-refractivity contribution >= 4 is 36.6 Å². The third-order valence-electron chi connectivity index (χ3n) is 5.77. The van der Waals surface area contributed by atoms with Crippen molar-refractivity contribution in [2.24, 2.45) is 11.1 Å². The number of carbonyl (C=O) groups is 2. The molecule has 3 fully saturated rings. The summed E-state index contributed by atoms with van der Waals surface area (Å²) in [4.78, 5) is 31.3. The van der Waals surface area contributed by atoms with Crippen LogP contribution in [-0.2, 0) is 14.3 Å². The number of hydrogen-bond donors (Lipinski definition) is 1. The Balaban J connectivity index is 0.00000169. The highest BCUT2D eigenvalue weighted by Gasteiger charge is 2.42. The molecule has 2 amide bonds. The van der Waals surface area contributed by atoms with Crippen molar-refractivity contribution in [3.05, 3.63) is 0 Å². The largest absolute Gasteiger partial charge is 0.381 e. The molecule has 2 N–H and O–H groups in total. The highest BCUT2D eigenvalue weighted by atomic mass is 35.5. The first kappa shape index (κ1) is 23.4. The average molecular weight is 411 g/mol. The second-order valence-corrected chi connectivity index (χ2v) is 7.25. The number of hydrogen-bond acceptors (Lipinski definition) is 5. The molecule has 0 saturated carbocycles. The van der Waals surface area contributed by atoms with Gasteiger partial charge in [0, 0.05) is 59.0 Å². The summed E-state index contributed by atoms with van der Waals surface area (Å²) in [5.41, 5.74) is 5.51. The van der Waals surface area contributed by atoms with Crippen LogP contribution in [0.3, 0.4) is 0 Å². The molecule has 9 heteroatoms. The second-order valence-electron chi connectivity index (χ2n) is 7.25. The maximum absolute atomic E-state index is 12.9. The monoisotopic (exact) mass is 410 g/mol. The Morgan fingerprint density at radius 2 is 1.46 bits per heavy atom. The molecule has 0 spiro atoms. The Labute approximate surface area is 168 Å². The maximum atomic E-state index is 12.9. The van der Waals surface area contributed by atoms with E-state index in [0.717, 1.165) is 51.9 Å². The van der Waals surface area contributed by atoms with Crippen LogP contribution in [0, 0.1) is 5.41 Å². The van der Waals surface area contributed by atoms with Gasteiger partial charge in [0.25, 0.3) is 0 Å². The summed E-state index contributed by atoms with van der Waals surface area (Å²) >= 11 is 0. The van der Waals surface area contributed by atoms with E-state index in [1.54, 1.807) is 0 Å². The van der Waals surface area contributed by atoms with Gasteiger partial charge in [-0.05, 0) is 25.7 Å². The third kappa shape index (κ3) is 5.23. The number of piperazine rings is 1. The van der Waals surface area contributed by atoms with Crippen LogP contribution in [0.4, 0.5) is 0 Å². The highest BCUT2D eigenvalue weighted by molar-refractivity contribution is 5.85. The van der Waals surface area contributed by atoms with Gasteiger partial charge in [0.05, 0.1) is 12.0 Å². The van der Waals surface area contributed by atoms with E-state index < -0.39 is 5.41 Å². The molecule has 26 heavy (non-hydrogen) atoms. The molecular formula is C17H32Cl2N4O3. The molecule has 0 aliphatic carbocycles. The molecule has 0 aromatic heterocycles. The SMILES string of the molecule is Cl.Cl.NCC1(C(=O)N2CCN(CC(=O)N3CCCC3)CC2)CCOCC1. The topological polar surface area (TPSA) is 79.1 Å². The Hall–Kier alpha value is -0.600. The first-order chi connectivity index (χ1) is 11.6. The Bertz CT molecular complexity index is 461. The summed E-state index contributed by atoms with van der Waals surface area (Å²) in [6.07, 6.45) is 3.68. The minimum absolute atomic E-state index is 0. The van der Waals surface area contributed by atoms with Crippen LogP contribution in [0.1, 0.15) is 25.7 Å². The molecule has 3 aliphatic rings. The molecule has 0 atom stereocenters. The molecule has 3 heterocycles. The standard InChI is InChI=1S/C17H30N4O3.2ClH/c18-14-17(3-11-24-12-4-17)16(23)21-9-7-19(8-10-21)13-15(22)20-5-1-2-6-20;;/h1-14,18H2;2*1H. The van der Waals surface area contributed by atoms with Gasteiger partial charge >= 0.3 is 0 Å². The molecule has 3 aliphatic heterocycles. The van der Waals surface area contributed by atoms with Crippen LogP contribution in [0.2, 0.25) is 0 Å². The minimum Gasteiger partial charge on any atom is -0.381 e. The lowest BCUT2D eigenvalue weighted by atomic mass is 9.78. The fourth-order valence-electron chi connectivity index (χ4n) is 3.97. The van der Waals surface area contributed by atoms with Crippen molar-refractivity contribution in [3.63, 3.8) is 0 Å². The van der Waals surface area contributed by atoms with Gasteiger partial charge in [-0.3, -0.25) is 14.5 Å². The predicted octanol–water partition coefficient (Wildman–Crippen LogP) is 0.352. The zero-order chi connectivity index (χ0) is 17.0. The molecule has 3 saturated heterocycles. The molecule has 0 bridgehead atoms.